The van der Waals surface area contributed by atoms with Crippen molar-refractivity contribution in [3.63, 3.8) is 0 Å². The number of ether oxygens (including phenoxy) is 1. The second-order valence-electron chi connectivity index (χ2n) is 4.84. The Morgan fingerprint density at radius 2 is 2.04 bits per heavy atom. The summed E-state index contributed by atoms with van der Waals surface area (Å²) in [6, 6.07) is 0. The summed E-state index contributed by atoms with van der Waals surface area (Å²) in [5, 5.41) is 19.8. The number of nitrogens with zero attached hydrogens (tertiary/aromatic N) is 1. The zero-order valence-electron chi connectivity index (χ0n) is 13.3. The summed E-state index contributed by atoms with van der Waals surface area (Å²) < 4.78 is 19.8. The molecule has 4 N–H and O–H groups in total. The minimum absolute atomic E-state index is 0. The standard InChI is InChI=1S/C11H17N2O8P.2Na/c12-10(16)6-2-1-3-13(4-6)11-9(15)8(14)7(21-11)5-20-22(17,18)19;;/h1,3-4,7-9,11,14-15H,2,5H2,(H2,12,16)(H2,17,18,19);;/q;2*+1/p-2/t7-,8-,9-,11-;;/m1../s1. The van der Waals surface area contributed by atoms with Crippen LogP contribution in [0, 0.1) is 0 Å². The van der Waals surface area contributed by atoms with E-state index in [4.69, 9.17) is 10.5 Å². The van der Waals surface area contributed by atoms with Crippen LogP contribution >= 0.6 is 7.82 Å². The number of allylic oxidation sites excluding steroid dienone is 1. The maximum Gasteiger partial charge on any atom is 1.00 e. The molecule has 1 amide bonds. The van der Waals surface area contributed by atoms with Gasteiger partial charge in [-0.3, -0.25) is 4.79 Å². The monoisotopic (exact) mass is 380 g/mol. The quantitative estimate of drug-likeness (QED) is 0.310. The van der Waals surface area contributed by atoms with Crippen molar-refractivity contribution in [2.45, 2.75) is 31.0 Å². The van der Waals surface area contributed by atoms with Crippen LogP contribution in [0.25, 0.3) is 0 Å². The second-order valence-corrected chi connectivity index (χ2v) is 6.00. The first-order valence-corrected chi connectivity index (χ1v) is 7.78. The van der Waals surface area contributed by atoms with Crippen molar-refractivity contribution in [1.29, 1.82) is 0 Å². The van der Waals surface area contributed by atoms with Crippen molar-refractivity contribution in [3.05, 3.63) is 24.0 Å². The van der Waals surface area contributed by atoms with Crippen LogP contribution in [0.1, 0.15) is 6.42 Å². The summed E-state index contributed by atoms with van der Waals surface area (Å²) in [4.78, 5) is 33.4. The predicted octanol–water partition coefficient (Wildman–Crippen LogP) is -9.13. The molecule has 10 nitrogen and oxygen atoms in total. The number of hydrogen-bond donors (Lipinski definition) is 3. The van der Waals surface area contributed by atoms with Gasteiger partial charge in [-0.1, -0.05) is 6.08 Å². The molecule has 0 bridgehead atoms. The van der Waals surface area contributed by atoms with Gasteiger partial charge in [0.2, 0.25) is 5.91 Å². The van der Waals surface area contributed by atoms with Crippen molar-refractivity contribution in [2.75, 3.05) is 6.61 Å². The van der Waals surface area contributed by atoms with E-state index in [1.807, 2.05) is 0 Å². The first-order valence-electron chi connectivity index (χ1n) is 6.32. The number of amides is 1. The Morgan fingerprint density at radius 1 is 1.42 bits per heavy atom. The third kappa shape index (κ3) is 6.48. The van der Waals surface area contributed by atoms with E-state index in [1.54, 1.807) is 6.08 Å². The SMILES string of the molecule is NC(=O)C1=CN([C@@H]2O[C@H](COP(=O)([O-])[O-])[C@@H](O)[C@H]2O)C=CC1.[Na+].[Na+]. The third-order valence-corrected chi connectivity index (χ3v) is 3.73. The third-order valence-electron chi connectivity index (χ3n) is 3.26. The Bertz CT molecular complexity index is 554. The van der Waals surface area contributed by atoms with Gasteiger partial charge in [0.1, 0.15) is 18.3 Å². The molecule has 0 aromatic rings. The number of carbonyl (C=O) groups excluding carboxylic acids is 1. The van der Waals surface area contributed by atoms with E-state index < -0.39 is 44.9 Å². The van der Waals surface area contributed by atoms with Crippen molar-refractivity contribution in [3.8, 4) is 0 Å². The summed E-state index contributed by atoms with van der Waals surface area (Å²) in [7, 11) is -5.21. The largest absolute Gasteiger partial charge is 1.00 e. The van der Waals surface area contributed by atoms with E-state index in [-0.39, 0.29) is 64.7 Å². The number of aliphatic hydroxyl groups is 2. The molecular weight excluding hydrogens is 365 g/mol. The van der Waals surface area contributed by atoms with Gasteiger partial charge in [-0.05, 0) is 6.42 Å². The Balaban J connectivity index is 0.00000264. The number of carbonyl (C=O) groups is 1. The van der Waals surface area contributed by atoms with Crippen LogP contribution in [0.3, 0.4) is 0 Å². The van der Waals surface area contributed by atoms with Crippen molar-refractivity contribution >= 4 is 13.7 Å². The van der Waals surface area contributed by atoms with Crippen LogP contribution in [-0.4, -0.2) is 52.2 Å². The summed E-state index contributed by atoms with van der Waals surface area (Å²) in [6.07, 6.45) is -0.351. The summed E-state index contributed by atoms with van der Waals surface area (Å²) in [6.45, 7) is -0.719. The van der Waals surface area contributed by atoms with Crippen molar-refractivity contribution < 1.29 is 97.7 Å². The Kier molecular flexibility index (Phi) is 10.5. The first kappa shape index (κ1) is 24.7. The molecule has 13 heteroatoms. The molecule has 4 atom stereocenters. The molecule has 0 aromatic heterocycles. The number of phosphoric ester groups is 1. The molecule has 2 heterocycles. The summed E-state index contributed by atoms with van der Waals surface area (Å²) in [5.41, 5.74) is 5.45. The average Bonchev–Trinajstić information content (AvgIpc) is 2.72. The maximum atomic E-state index is 11.2. The van der Waals surface area contributed by atoms with E-state index in [1.165, 1.54) is 17.3 Å². The molecule has 0 aromatic carbocycles. The minimum atomic E-state index is -5.21. The fourth-order valence-electron chi connectivity index (χ4n) is 2.18. The summed E-state index contributed by atoms with van der Waals surface area (Å²) in [5.74, 6) is -0.638. The van der Waals surface area contributed by atoms with Gasteiger partial charge in [-0.2, -0.15) is 0 Å². The van der Waals surface area contributed by atoms with Crippen LogP contribution in [0.15, 0.2) is 24.0 Å². The van der Waals surface area contributed by atoms with Crippen molar-refractivity contribution in [2.24, 2.45) is 5.73 Å². The van der Waals surface area contributed by atoms with Gasteiger partial charge in [0.05, 0.1) is 14.4 Å². The normalized spacial score (nSPS) is 29.5. The second kappa shape index (κ2) is 10.2. The van der Waals surface area contributed by atoms with Gasteiger partial charge in [-0.15, -0.1) is 0 Å². The predicted molar refractivity (Wildman–Crippen MR) is 67.1 cm³/mol. The number of primary amides is 1. The van der Waals surface area contributed by atoms with Gasteiger partial charge >= 0.3 is 59.1 Å². The number of nitrogens with two attached hydrogens (primary N) is 1. The molecule has 0 aliphatic carbocycles. The number of hydrogen-bond acceptors (Lipinski definition) is 9. The average molecular weight is 380 g/mol. The smallest absolute Gasteiger partial charge is 0.790 e. The minimum Gasteiger partial charge on any atom is -0.790 e. The molecule has 2 aliphatic heterocycles. The van der Waals surface area contributed by atoms with E-state index in [9.17, 15) is 29.4 Å². The molecule has 1 fully saturated rings. The molecule has 1 saturated heterocycles. The fraction of sp³-hybridized carbons (Fsp3) is 0.545. The van der Waals surface area contributed by atoms with Gasteiger partial charge in [0.25, 0.3) is 0 Å². The van der Waals surface area contributed by atoms with Crippen LogP contribution in [0.4, 0.5) is 0 Å². The van der Waals surface area contributed by atoms with Crippen molar-refractivity contribution in [1.82, 2.24) is 4.90 Å². The Morgan fingerprint density at radius 3 is 2.58 bits per heavy atom. The topological polar surface area (TPSA) is 168 Å². The molecule has 24 heavy (non-hydrogen) atoms. The molecule has 2 rings (SSSR count). The molecule has 0 radical (unpaired) electrons. The Labute approximate surface area is 182 Å². The van der Waals surface area contributed by atoms with Crippen LogP contribution in [0.2, 0.25) is 0 Å². The van der Waals surface area contributed by atoms with E-state index >= 15 is 0 Å². The number of rotatable bonds is 5. The number of aliphatic hydroxyl groups excluding tert-OH is 2. The van der Waals surface area contributed by atoms with Gasteiger partial charge in [0, 0.05) is 18.0 Å². The first-order chi connectivity index (χ1) is 10.2. The van der Waals surface area contributed by atoms with Crippen LogP contribution in [0.5, 0.6) is 0 Å². The number of phosphoric acid groups is 1. The molecule has 0 spiro atoms. The summed E-state index contributed by atoms with van der Waals surface area (Å²) >= 11 is 0. The molecule has 124 valence electrons. The molecule has 0 unspecified atom stereocenters. The zero-order valence-corrected chi connectivity index (χ0v) is 18.2. The maximum absolute atomic E-state index is 11.2. The van der Waals surface area contributed by atoms with Crippen LogP contribution in [-0.2, 0) is 18.6 Å². The van der Waals surface area contributed by atoms with Gasteiger partial charge in [-0.25, -0.2) is 0 Å². The van der Waals surface area contributed by atoms with Gasteiger partial charge in [0.15, 0.2) is 6.23 Å². The fourth-order valence-corrected chi connectivity index (χ4v) is 2.51. The van der Waals surface area contributed by atoms with Gasteiger partial charge < -0.3 is 44.5 Å². The van der Waals surface area contributed by atoms with E-state index in [0.29, 0.717) is 6.42 Å². The Hall–Kier alpha value is 0.740. The zero-order chi connectivity index (χ0) is 16.5. The molecule has 2 aliphatic rings. The van der Waals surface area contributed by atoms with Crippen LogP contribution < -0.4 is 74.6 Å². The van der Waals surface area contributed by atoms with E-state index in [0.717, 1.165) is 0 Å². The van der Waals surface area contributed by atoms with E-state index in [2.05, 4.69) is 4.52 Å². The molecular formula is C11H15N2Na2O8P. The molecule has 0 saturated carbocycles.